The molecule has 1 aliphatic heterocycles. The first-order chi connectivity index (χ1) is 10.0. The average molecular weight is 303 g/mol. The van der Waals surface area contributed by atoms with E-state index >= 15 is 0 Å². The van der Waals surface area contributed by atoms with Gasteiger partial charge in [0, 0.05) is 12.2 Å². The van der Waals surface area contributed by atoms with Crippen LogP contribution in [0.1, 0.15) is 50.9 Å². The maximum atomic E-state index is 12.8. The highest BCUT2D eigenvalue weighted by atomic mass is 32.1. The molecule has 2 aromatic rings. The molecule has 0 aliphatic carbocycles. The minimum atomic E-state index is -0.806. The Labute approximate surface area is 127 Å². The Morgan fingerprint density at radius 2 is 2.10 bits per heavy atom. The molecule has 0 aromatic carbocycles. The van der Waals surface area contributed by atoms with Gasteiger partial charge in [0.1, 0.15) is 0 Å². The standard InChI is InChI=1S/C16H17NO3S/c1-9-5-7-21-15(9)14(18)13-10(2)8-12-11(16(19)20)4-3-6-17(12)13/h5,7-8,11H,3-4,6H2,1-2H3,(H,19,20). The fraction of sp³-hybridized carbons (Fsp3) is 0.375. The van der Waals surface area contributed by atoms with Gasteiger partial charge in [0.05, 0.1) is 16.5 Å². The molecule has 5 heteroatoms. The summed E-state index contributed by atoms with van der Waals surface area (Å²) >= 11 is 1.44. The zero-order chi connectivity index (χ0) is 15.1. The van der Waals surface area contributed by atoms with Crippen LogP contribution in [0.15, 0.2) is 17.5 Å². The highest BCUT2D eigenvalue weighted by Gasteiger charge is 2.31. The van der Waals surface area contributed by atoms with Crippen molar-refractivity contribution < 1.29 is 14.7 Å². The molecule has 1 atom stereocenters. The molecule has 0 fully saturated rings. The first kappa shape index (κ1) is 14.1. The maximum absolute atomic E-state index is 12.8. The third kappa shape index (κ3) is 2.21. The van der Waals surface area contributed by atoms with E-state index in [1.54, 1.807) is 0 Å². The van der Waals surface area contributed by atoms with E-state index < -0.39 is 11.9 Å². The van der Waals surface area contributed by atoms with Crippen LogP contribution in [0.2, 0.25) is 0 Å². The summed E-state index contributed by atoms with van der Waals surface area (Å²) in [5.41, 5.74) is 3.27. The average Bonchev–Trinajstić information content (AvgIpc) is 2.99. The Morgan fingerprint density at radius 1 is 1.33 bits per heavy atom. The molecule has 0 radical (unpaired) electrons. The number of carboxylic acid groups (broad SMARTS) is 1. The lowest BCUT2D eigenvalue weighted by atomic mass is 9.96. The van der Waals surface area contributed by atoms with E-state index in [1.165, 1.54) is 11.3 Å². The largest absolute Gasteiger partial charge is 0.481 e. The van der Waals surface area contributed by atoms with E-state index in [0.29, 0.717) is 12.1 Å². The van der Waals surface area contributed by atoms with Crippen molar-refractivity contribution in [2.75, 3.05) is 0 Å². The van der Waals surface area contributed by atoms with Crippen molar-refractivity contribution in [3.63, 3.8) is 0 Å². The first-order valence-corrected chi connectivity index (χ1v) is 7.90. The lowest BCUT2D eigenvalue weighted by Crippen LogP contribution is -2.24. The fourth-order valence-corrected chi connectivity index (χ4v) is 3.97. The molecule has 0 amide bonds. The van der Waals surface area contributed by atoms with Crippen molar-refractivity contribution in [1.82, 2.24) is 4.57 Å². The smallest absolute Gasteiger partial charge is 0.312 e. The van der Waals surface area contributed by atoms with Gasteiger partial charge in [-0.1, -0.05) is 0 Å². The van der Waals surface area contributed by atoms with Gasteiger partial charge in [0.25, 0.3) is 0 Å². The van der Waals surface area contributed by atoms with Crippen LogP contribution in [0.4, 0.5) is 0 Å². The third-order valence-electron chi connectivity index (χ3n) is 4.13. The third-order valence-corrected chi connectivity index (χ3v) is 5.15. The number of thiophene rings is 1. The highest BCUT2D eigenvalue weighted by molar-refractivity contribution is 7.12. The number of hydrogen-bond donors (Lipinski definition) is 1. The van der Waals surface area contributed by atoms with Crippen LogP contribution in [0.25, 0.3) is 0 Å². The van der Waals surface area contributed by atoms with E-state index in [-0.39, 0.29) is 5.78 Å². The van der Waals surface area contributed by atoms with E-state index in [2.05, 4.69) is 0 Å². The number of ketones is 1. The van der Waals surface area contributed by atoms with Gasteiger partial charge >= 0.3 is 5.97 Å². The molecule has 21 heavy (non-hydrogen) atoms. The number of aryl methyl sites for hydroxylation is 2. The van der Waals surface area contributed by atoms with Crippen molar-refractivity contribution in [3.05, 3.63) is 44.9 Å². The molecule has 1 unspecified atom stereocenters. The van der Waals surface area contributed by atoms with Gasteiger partial charge < -0.3 is 9.67 Å². The van der Waals surface area contributed by atoms with Crippen molar-refractivity contribution >= 4 is 23.1 Å². The normalized spacial score (nSPS) is 17.5. The second kappa shape index (κ2) is 5.15. The molecule has 0 saturated heterocycles. The zero-order valence-corrected chi connectivity index (χ0v) is 12.9. The van der Waals surface area contributed by atoms with Crippen molar-refractivity contribution in [3.8, 4) is 0 Å². The van der Waals surface area contributed by atoms with Gasteiger partial charge in [0.15, 0.2) is 0 Å². The van der Waals surface area contributed by atoms with Gasteiger partial charge in [-0.3, -0.25) is 9.59 Å². The summed E-state index contributed by atoms with van der Waals surface area (Å²) in [7, 11) is 0. The SMILES string of the molecule is Cc1ccsc1C(=O)c1c(C)cc2n1CCCC2C(=O)O. The predicted octanol–water partition coefficient (Wildman–Crippen LogP) is 3.36. The Morgan fingerprint density at radius 3 is 2.71 bits per heavy atom. The molecule has 0 bridgehead atoms. The summed E-state index contributed by atoms with van der Waals surface area (Å²) in [5, 5.41) is 11.3. The van der Waals surface area contributed by atoms with Crippen LogP contribution in [0, 0.1) is 13.8 Å². The van der Waals surface area contributed by atoms with Crippen LogP contribution in [-0.4, -0.2) is 21.4 Å². The van der Waals surface area contributed by atoms with Crippen molar-refractivity contribution in [2.45, 2.75) is 39.2 Å². The summed E-state index contributed by atoms with van der Waals surface area (Å²) < 4.78 is 1.92. The Hall–Kier alpha value is -1.88. The molecule has 2 aromatic heterocycles. The Kier molecular flexibility index (Phi) is 3.45. The molecule has 4 nitrogen and oxygen atoms in total. The number of carbonyl (C=O) groups excluding carboxylic acids is 1. The van der Waals surface area contributed by atoms with E-state index in [1.807, 2.05) is 35.9 Å². The molecule has 1 N–H and O–H groups in total. The van der Waals surface area contributed by atoms with E-state index in [4.69, 9.17) is 0 Å². The van der Waals surface area contributed by atoms with E-state index in [9.17, 15) is 14.7 Å². The summed E-state index contributed by atoms with van der Waals surface area (Å²) in [6.45, 7) is 4.54. The summed E-state index contributed by atoms with van der Waals surface area (Å²) in [4.78, 5) is 24.9. The highest BCUT2D eigenvalue weighted by Crippen LogP contribution is 2.33. The number of nitrogens with zero attached hydrogens (tertiary/aromatic N) is 1. The van der Waals surface area contributed by atoms with Crippen LogP contribution in [0.5, 0.6) is 0 Å². The topological polar surface area (TPSA) is 59.3 Å². The summed E-state index contributed by atoms with van der Waals surface area (Å²) in [6.07, 6.45) is 1.44. The Balaban J connectivity index is 2.11. The lowest BCUT2D eigenvalue weighted by molar-refractivity contribution is -0.139. The van der Waals surface area contributed by atoms with Crippen molar-refractivity contribution in [1.29, 1.82) is 0 Å². The zero-order valence-electron chi connectivity index (χ0n) is 12.0. The molecule has 1 aliphatic rings. The number of aliphatic carboxylic acids is 1. The second-order valence-corrected chi connectivity index (χ2v) is 6.46. The minimum absolute atomic E-state index is 0.0114. The van der Waals surface area contributed by atoms with Gasteiger partial charge in [-0.25, -0.2) is 0 Å². The monoisotopic (exact) mass is 303 g/mol. The maximum Gasteiger partial charge on any atom is 0.312 e. The molecule has 0 saturated carbocycles. The Bertz CT molecular complexity index is 726. The quantitative estimate of drug-likeness (QED) is 0.885. The fourth-order valence-electron chi connectivity index (χ4n) is 3.11. The van der Waals surface area contributed by atoms with Crippen LogP contribution >= 0.6 is 11.3 Å². The summed E-state index contributed by atoms with van der Waals surface area (Å²) in [5.74, 6) is -1.29. The van der Waals surface area contributed by atoms with Crippen LogP contribution in [0.3, 0.4) is 0 Å². The van der Waals surface area contributed by atoms with Crippen molar-refractivity contribution in [2.24, 2.45) is 0 Å². The second-order valence-electron chi connectivity index (χ2n) is 5.55. The first-order valence-electron chi connectivity index (χ1n) is 7.02. The number of carboxylic acids is 1. The molecule has 3 heterocycles. The lowest BCUT2D eigenvalue weighted by Gasteiger charge is -2.23. The number of fused-ring (bicyclic) bond motifs is 1. The summed E-state index contributed by atoms with van der Waals surface area (Å²) in [6, 6.07) is 3.81. The molecular formula is C16H17NO3S. The van der Waals surface area contributed by atoms with Crippen LogP contribution in [-0.2, 0) is 11.3 Å². The molecule has 110 valence electrons. The number of carbonyl (C=O) groups is 2. The molecular weight excluding hydrogens is 286 g/mol. The number of hydrogen-bond acceptors (Lipinski definition) is 3. The van der Waals surface area contributed by atoms with Crippen LogP contribution < -0.4 is 0 Å². The minimum Gasteiger partial charge on any atom is -0.481 e. The van der Waals surface area contributed by atoms with E-state index in [0.717, 1.165) is 34.7 Å². The van der Waals surface area contributed by atoms with Gasteiger partial charge in [0.2, 0.25) is 5.78 Å². The molecule has 0 spiro atoms. The number of rotatable bonds is 3. The predicted molar refractivity (Wildman–Crippen MR) is 81.3 cm³/mol. The van der Waals surface area contributed by atoms with Gasteiger partial charge in [-0.15, -0.1) is 11.3 Å². The van der Waals surface area contributed by atoms with Gasteiger partial charge in [-0.2, -0.15) is 0 Å². The van der Waals surface area contributed by atoms with Gasteiger partial charge in [-0.05, 0) is 55.3 Å². The number of aromatic nitrogens is 1. The molecule has 3 rings (SSSR count).